The van der Waals surface area contributed by atoms with Crippen LogP contribution in [0.4, 0.5) is 5.69 Å². The highest BCUT2D eigenvalue weighted by Crippen LogP contribution is 2.33. The SMILES string of the molecule is COC(=O)c1ncccc1N[C@H](C)c1cc(C)cc2c(=O)c(C)c(-c3ccc4nc(C)sc4n3)oc12. The van der Waals surface area contributed by atoms with Crippen LogP contribution in [0.2, 0.25) is 0 Å². The van der Waals surface area contributed by atoms with Crippen molar-refractivity contribution >= 4 is 44.3 Å². The van der Waals surface area contributed by atoms with Crippen LogP contribution in [0.25, 0.3) is 32.8 Å². The minimum atomic E-state index is -0.538. The summed E-state index contributed by atoms with van der Waals surface area (Å²) in [6.45, 7) is 7.56. The molecule has 8 nitrogen and oxygen atoms in total. The van der Waals surface area contributed by atoms with Crippen LogP contribution in [0, 0.1) is 20.8 Å². The van der Waals surface area contributed by atoms with Crippen molar-refractivity contribution in [2.24, 2.45) is 0 Å². The van der Waals surface area contributed by atoms with Crippen molar-refractivity contribution in [3.63, 3.8) is 0 Å². The van der Waals surface area contributed by atoms with Gasteiger partial charge >= 0.3 is 5.97 Å². The molecule has 5 aromatic rings. The molecule has 1 aromatic carbocycles. The molecule has 0 aliphatic carbocycles. The van der Waals surface area contributed by atoms with Gasteiger partial charge in [0, 0.05) is 17.3 Å². The lowest BCUT2D eigenvalue weighted by Crippen LogP contribution is -2.15. The Labute approximate surface area is 211 Å². The second-order valence-corrected chi connectivity index (χ2v) is 9.81. The van der Waals surface area contributed by atoms with E-state index in [1.807, 2.05) is 45.0 Å². The number of carbonyl (C=O) groups is 1. The van der Waals surface area contributed by atoms with E-state index in [0.29, 0.717) is 33.7 Å². The monoisotopic (exact) mass is 500 g/mol. The van der Waals surface area contributed by atoms with Gasteiger partial charge in [-0.1, -0.05) is 17.4 Å². The lowest BCUT2D eigenvalue weighted by Gasteiger charge is -2.19. The van der Waals surface area contributed by atoms with Gasteiger partial charge in [-0.3, -0.25) is 4.79 Å². The summed E-state index contributed by atoms with van der Waals surface area (Å²) >= 11 is 1.50. The van der Waals surface area contributed by atoms with Crippen molar-refractivity contribution < 1.29 is 13.9 Å². The van der Waals surface area contributed by atoms with Gasteiger partial charge in [-0.15, -0.1) is 0 Å². The second kappa shape index (κ2) is 9.16. The molecule has 4 aromatic heterocycles. The molecule has 182 valence electrons. The molecule has 0 aliphatic rings. The first-order chi connectivity index (χ1) is 17.3. The third-order valence-electron chi connectivity index (χ3n) is 6.01. The summed E-state index contributed by atoms with van der Waals surface area (Å²) in [5.74, 6) is -0.113. The van der Waals surface area contributed by atoms with Gasteiger partial charge in [-0.2, -0.15) is 0 Å². The van der Waals surface area contributed by atoms with Crippen LogP contribution >= 0.6 is 11.3 Å². The van der Waals surface area contributed by atoms with Gasteiger partial charge in [0.25, 0.3) is 0 Å². The summed E-state index contributed by atoms with van der Waals surface area (Å²) in [7, 11) is 1.32. The highest BCUT2D eigenvalue weighted by molar-refractivity contribution is 7.18. The van der Waals surface area contributed by atoms with Gasteiger partial charge in [-0.25, -0.2) is 19.7 Å². The Morgan fingerprint density at radius 3 is 2.72 bits per heavy atom. The third kappa shape index (κ3) is 4.11. The fraction of sp³-hybridized carbons (Fsp3) is 0.222. The number of fused-ring (bicyclic) bond motifs is 2. The standard InChI is InChI=1S/C27H24N4O4S/c1-13-11-17(15(3)29-19-7-6-10-28-22(19)27(33)34-5)25-18(12-13)23(32)14(2)24(35-25)20-8-9-21-26(31-20)36-16(4)30-21/h6-12,15,29H,1-5H3/t15-/m1/s1. The predicted molar refractivity (Wildman–Crippen MR) is 141 cm³/mol. The molecule has 0 fully saturated rings. The molecular formula is C27H24N4O4S. The maximum absolute atomic E-state index is 13.5. The highest BCUT2D eigenvalue weighted by atomic mass is 32.1. The number of ether oxygens (including phenoxy) is 1. The van der Waals surface area contributed by atoms with Gasteiger partial charge in [-0.05, 0) is 63.6 Å². The molecule has 5 rings (SSSR count). The Bertz CT molecular complexity index is 1710. The van der Waals surface area contributed by atoms with Gasteiger partial charge in [0.2, 0.25) is 0 Å². The lowest BCUT2D eigenvalue weighted by molar-refractivity contribution is 0.0595. The number of hydrogen-bond acceptors (Lipinski definition) is 9. The fourth-order valence-electron chi connectivity index (χ4n) is 4.28. The largest absolute Gasteiger partial charge is 0.464 e. The number of aryl methyl sites for hydroxylation is 2. The molecule has 0 radical (unpaired) electrons. The number of aromatic nitrogens is 3. The zero-order valence-electron chi connectivity index (χ0n) is 20.5. The number of rotatable bonds is 5. The number of pyridine rings is 2. The Hall–Kier alpha value is -4.11. The topological polar surface area (TPSA) is 107 Å². The molecule has 0 spiro atoms. The summed E-state index contributed by atoms with van der Waals surface area (Å²) < 4.78 is 11.3. The molecule has 0 aliphatic heterocycles. The van der Waals surface area contributed by atoms with E-state index in [1.54, 1.807) is 19.1 Å². The van der Waals surface area contributed by atoms with Crippen molar-refractivity contribution in [2.75, 3.05) is 12.4 Å². The molecule has 36 heavy (non-hydrogen) atoms. The molecule has 9 heteroatoms. The van der Waals surface area contributed by atoms with E-state index >= 15 is 0 Å². The quantitative estimate of drug-likeness (QED) is 0.304. The molecule has 0 saturated carbocycles. The number of nitrogens with one attached hydrogen (secondary N) is 1. The van der Waals surface area contributed by atoms with Crippen molar-refractivity contribution in [3.05, 3.63) is 80.2 Å². The minimum absolute atomic E-state index is 0.109. The summed E-state index contributed by atoms with van der Waals surface area (Å²) in [4.78, 5) is 39.8. The summed E-state index contributed by atoms with van der Waals surface area (Å²) in [6, 6.07) is 10.7. The van der Waals surface area contributed by atoms with Crippen LogP contribution in [-0.4, -0.2) is 28.0 Å². The third-order valence-corrected chi connectivity index (χ3v) is 6.89. The number of methoxy groups -OCH3 is 1. The van der Waals surface area contributed by atoms with Crippen LogP contribution < -0.4 is 10.7 Å². The maximum atomic E-state index is 13.5. The molecule has 0 bridgehead atoms. The molecule has 0 unspecified atom stereocenters. The molecule has 0 saturated heterocycles. The lowest BCUT2D eigenvalue weighted by atomic mass is 9.99. The number of anilines is 1. The van der Waals surface area contributed by atoms with Gasteiger partial charge in [0.1, 0.15) is 21.6 Å². The summed E-state index contributed by atoms with van der Waals surface area (Å²) in [5.41, 5.74) is 4.65. The number of carbonyl (C=O) groups excluding carboxylic acids is 1. The van der Waals surface area contributed by atoms with Crippen LogP contribution in [-0.2, 0) is 4.74 Å². The molecule has 1 atom stereocenters. The van der Waals surface area contributed by atoms with Crippen molar-refractivity contribution in [2.45, 2.75) is 33.7 Å². The van der Waals surface area contributed by atoms with Crippen LogP contribution in [0.1, 0.15) is 45.2 Å². The Kier molecular flexibility index (Phi) is 6.01. The molecule has 4 heterocycles. The van der Waals surface area contributed by atoms with E-state index in [2.05, 4.69) is 15.3 Å². The average molecular weight is 501 g/mol. The summed E-state index contributed by atoms with van der Waals surface area (Å²) in [5, 5.41) is 4.75. The minimum Gasteiger partial charge on any atom is -0.464 e. The first-order valence-electron chi connectivity index (χ1n) is 11.4. The number of nitrogens with zero attached hydrogens (tertiary/aromatic N) is 3. The van der Waals surface area contributed by atoms with E-state index in [9.17, 15) is 9.59 Å². The number of thiazole rings is 1. The summed E-state index contributed by atoms with van der Waals surface area (Å²) in [6.07, 6.45) is 1.53. The zero-order chi connectivity index (χ0) is 25.6. The van der Waals surface area contributed by atoms with Crippen LogP contribution in [0.15, 0.2) is 51.8 Å². The number of benzene rings is 1. The van der Waals surface area contributed by atoms with Gasteiger partial charge < -0.3 is 14.5 Å². The average Bonchev–Trinajstić information content (AvgIpc) is 3.25. The first kappa shape index (κ1) is 23.6. The Morgan fingerprint density at radius 2 is 1.94 bits per heavy atom. The number of hydrogen-bond donors (Lipinski definition) is 1. The zero-order valence-corrected chi connectivity index (χ0v) is 21.3. The van der Waals surface area contributed by atoms with E-state index < -0.39 is 5.97 Å². The van der Waals surface area contributed by atoms with Crippen LogP contribution in [0.5, 0.6) is 0 Å². The highest BCUT2D eigenvalue weighted by Gasteiger charge is 2.21. The Balaban J connectivity index is 1.66. The van der Waals surface area contributed by atoms with Gasteiger partial charge in [0.05, 0.1) is 29.2 Å². The van der Waals surface area contributed by atoms with Crippen LogP contribution in [0.3, 0.4) is 0 Å². The predicted octanol–water partition coefficient (Wildman–Crippen LogP) is 5.74. The van der Waals surface area contributed by atoms with Crippen molar-refractivity contribution in [1.82, 2.24) is 15.0 Å². The van der Waals surface area contributed by atoms with Crippen molar-refractivity contribution in [3.8, 4) is 11.5 Å². The maximum Gasteiger partial charge on any atom is 0.358 e. The van der Waals surface area contributed by atoms with E-state index in [1.165, 1.54) is 24.6 Å². The number of esters is 1. The van der Waals surface area contributed by atoms with Crippen molar-refractivity contribution in [1.29, 1.82) is 0 Å². The van der Waals surface area contributed by atoms with E-state index in [0.717, 1.165) is 26.5 Å². The fourth-order valence-corrected chi connectivity index (χ4v) is 5.06. The second-order valence-electron chi connectivity index (χ2n) is 8.63. The first-order valence-corrected chi connectivity index (χ1v) is 12.2. The smallest absolute Gasteiger partial charge is 0.358 e. The van der Waals surface area contributed by atoms with E-state index in [4.69, 9.17) is 14.1 Å². The van der Waals surface area contributed by atoms with Gasteiger partial charge in [0.15, 0.2) is 16.9 Å². The molecule has 0 amide bonds. The molecular weight excluding hydrogens is 476 g/mol. The normalized spacial score (nSPS) is 12.1. The Morgan fingerprint density at radius 1 is 1.14 bits per heavy atom. The molecule has 1 N–H and O–H groups in total. The van der Waals surface area contributed by atoms with E-state index in [-0.39, 0.29) is 17.2 Å².